The monoisotopic (exact) mass is 256 g/mol. The normalized spacial score (nSPS) is 10.6. The molecule has 19 heavy (non-hydrogen) atoms. The molecule has 3 rings (SSSR count). The third-order valence-corrected chi connectivity index (χ3v) is 2.87. The van der Waals surface area contributed by atoms with Gasteiger partial charge < -0.3 is 4.42 Å². The molecule has 0 aliphatic carbocycles. The van der Waals surface area contributed by atoms with Gasteiger partial charge in [-0.2, -0.15) is 0 Å². The predicted molar refractivity (Wildman–Crippen MR) is 69.7 cm³/mol. The Bertz CT molecular complexity index is 778. The van der Waals surface area contributed by atoms with E-state index in [0.29, 0.717) is 11.1 Å². The molecule has 3 aromatic rings. The second-order valence-corrected chi connectivity index (χ2v) is 4.03. The smallest absolute Gasteiger partial charge is 0.262 e. The van der Waals surface area contributed by atoms with Gasteiger partial charge in [-0.25, -0.2) is 0 Å². The van der Waals surface area contributed by atoms with Crippen LogP contribution in [-0.4, -0.2) is 0 Å². The Morgan fingerprint density at radius 1 is 0.947 bits per heavy atom. The first kappa shape index (κ1) is 11.5. The minimum Gasteiger partial charge on any atom is -0.452 e. The standard InChI is InChI=1S/C15H9FO3/c16-19-15-13(17)11-8-4-5-9-12(11)18-14(15)10-6-2-1-3-7-10/h1-9H. The van der Waals surface area contributed by atoms with Crippen molar-refractivity contribution >= 4 is 11.0 Å². The molecule has 0 N–H and O–H groups in total. The highest BCUT2D eigenvalue weighted by atomic mass is 19.3. The van der Waals surface area contributed by atoms with Crippen molar-refractivity contribution in [3.05, 3.63) is 64.8 Å². The largest absolute Gasteiger partial charge is 0.452 e. The highest BCUT2D eigenvalue weighted by Gasteiger charge is 2.18. The maximum atomic E-state index is 12.7. The van der Waals surface area contributed by atoms with Crippen molar-refractivity contribution in [2.75, 3.05) is 0 Å². The summed E-state index contributed by atoms with van der Waals surface area (Å²) in [5.74, 6) is -0.336. The lowest BCUT2D eigenvalue weighted by molar-refractivity contribution is -0.00824. The minimum atomic E-state index is -0.525. The Balaban J connectivity index is 2.39. The molecule has 1 heterocycles. The Kier molecular flexibility index (Phi) is 2.76. The molecule has 0 unspecified atom stereocenters. The Labute approximate surface area is 107 Å². The van der Waals surface area contributed by atoms with E-state index in [0.717, 1.165) is 0 Å². The SMILES string of the molecule is O=c1c(OF)c(-c2ccccc2)oc2ccccc12. The zero-order chi connectivity index (χ0) is 13.2. The van der Waals surface area contributed by atoms with Crippen LogP contribution in [0.5, 0.6) is 5.75 Å². The van der Waals surface area contributed by atoms with Crippen LogP contribution < -0.4 is 10.4 Å². The Morgan fingerprint density at radius 3 is 2.37 bits per heavy atom. The molecule has 0 saturated carbocycles. The van der Waals surface area contributed by atoms with E-state index in [2.05, 4.69) is 4.94 Å². The van der Waals surface area contributed by atoms with Crippen LogP contribution in [0, 0.1) is 0 Å². The number of hydrogen-bond acceptors (Lipinski definition) is 3. The third kappa shape index (κ3) is 1.87. The van der Waals surface area contributed by atoms with Gasteiger partial charge in [-0.15, -0.1) is 0 Å². The summed E-state index contributed by atoms with van der Waals surface area (Å²) in [5.41, 5.74) is 0.452. The van der Waals surface area contributed by atoms with Gasteiger partial charge in [0.1, 0.15) is 5.58 Å². The molecule has 2 aromatic carbocycles. The average molecular weight is 256 g/mol. The van der Waals surface area contributed by atoms with Gasteiger partial charge >= 0.3 is 0 Å². The van der Waals surface area contributed by atoms with Crippen molar-refractivity contribution in [3.8, 4) is 17.1 Å². The topological polar surface area (TPSA) is 39.4 Å². The summed E-state index contributed by atoms with van der Waals surface area (Å²) in [6, 6.07) is 15.5. The number of benzene rings is 2. The van der Waals surface area contributed by atoms with Crippen molar-refractivity contribution in [1.29, 1.82) is 0 Å². The highest BCUT2D eigenvalue weighted by molar-refractivity contribution is 5.81. The van der Waals surface area contributed by atoms with Crippen molar-refractivity contribution < 1.29 is 13.9 Å². The summed E-state index contributed by atoms with van der Waals surface area (Å²) in [5, 5.41) is 0.287. The summed E-state index contributed by atoms with van der Waals surface area (Å²) in [6.07, 6.45) is 0. The molecule has 0 atom stereocenters. The van der Waals surface area contributed by atoms with Crippen LogP contribution in [0.3, 0.4) is 0 Å². The molecular formula is C15H9FO3. The number of halogens is 1. The van der Waals surface area contributed by atoms with Crippen molar-refractivity contribution in [2.24, 2.45) is 0 Å². The van der Waals surface area contributed by atoms with Gasteiger partial charge in [0.25, 0.3) is 5.75 Å². The van der Waals surface area contributed by atoms with E-state index in [-0.39, 0.29) is 11.1 Å². The molecule has 0 aliphatic heterocycles. The van der Waals surface area contributed by atoms with Crippen LogP contribution in [0.25, 0.3) is 22.3 Å². The molecule has 0 bridgehead atoms. The number of hydrogen-bond donors (Lipinski definition) is 0. The first-order valence-electron chi connectivity index (χ1n) is 5.71. The van der Waals surface area contributed by atoms with Crippen LogP contribution in [0.1, 0.15) is 0 Å². The van der Waals surface area contributed by atoms with Gasteiger partial charge in [0.05, 0.1) is 5.39 Å². The van der Waals surface area contributed by atoms with Gasteiger partial charge in [-0.1, -0.05) is 42.5 Å². The zero-order valence-corrected chi connectivity index (χ0v) is 9.80. The maximum Gasteiger partial charge on any atom is 0.262 e. The fraction of sp³-hybridized carbons (Fsp3) is 0. The van der Waals surface area contributed by atoms with Crippen LogP contribution in [0.15, 0.2) is 63.8 Å². The quantitative estimate of drug-likeness (QED) is 0.701. The molecule has 94 valence electrons. The maximum absolute atomic E-state index is 12.7. The fourth-order valence-corrected chi connectivity index (χ4v) is 1.97. The second kappa shape index (κ2) is 4.57. The molecule has 0 radical (unpaired) electrons. The second-order valence-electron chi connectivity index (χ2n) is 4.03. The molecule has 0 spiro atoms. The lowest BCUT2D eigenvalue weighted by Gasteiger charge is -2.06. The van der Waals surface area contributed by atoms with E-state index < -0.39 is 11.2 Å². The Morgan fingerprint density at radius 2 is 1.63 bits per heavy atom. The average Bonchev–Trinajstić information content (AvgIpc) is 2.48. The molecule has 0 aliphatic rings. The van der Waals surface area contributed by atoms with Gasteiger partial charge in [-0.05, 0) is 12.1 Å². The van der Waals surface area contributed by atoms with Gasteiger partial charge in [-0.3, -0.25) is 9.74 Å². The van der Waals surface area contributed by atoms with Crippen LogP contribution in [-0.2, 0) is 0 Å². The number of fused-ring (bicyclic) bond motifs is 1. The van der Waals surface area contributed by atoms with Gasteiger partial charge in [0, 0.05) is 10.1 Å². The predicted octanol–water partition coefficient (Wildman–Crippen LogP) is 3.72. The summed E-state index contributed by atoms with van der Waals surface area (Å²) in [4.78, 5) is 15.9. The molecular weight excluding hydrogens is 247 g/mol. The van der Waals surface area contributed by atoms with E-state index in [1.807, 2.05) is 6.07 Å². The summed E-state index contributed by atoms with van der Waals surface area (Å²) >= 11 is 0. The fourth-order valence-electron chi connectivity index (χ4n) is 1.97. The van der Waals surface area contributed by atoms with Crippen LogP contribution >= 0.6 is 0 Å². The molecule has 0 saturated heterocycles. The van der Waals surface area contributed by atoms with Crippen molar-refractivity contribution in [3.63, 3.8) is 0 Å². The summed E-state index contributed by atoms with van der Waals surface area (Å²) in [7, 11) is 0. The molecule has 3 nitrogen and oxygen atoms in total. The third-order valence-electron chi connectivity index (χ3n) is 2.87. The minimum absolute atomic E-state index is 0.0896. The van der Waals surface area contributed by atoms with E-state index in [1.165, 1.54) is 0 Å². The van der Waals surface area contributed by atoms with Crippen LogP contribution in [0.2, 0.25) is 0 Å². The first-order valence-corrected chi connectivity index (χ1v) is 5.71. The Hall–Kier alpha value is -2.62. The molecule has 0 amide bonds. The summed E-state index contributed by atoms with van der Waals surface area (Å²) < 4.78 is 18.3. The van der Waals surface area contributed by atoms with Crippen molar-refractivity contribution in [2.45, 2.75) is 0 Å². The molecule has 4 heteroatoms. The van der Waals surface area contributed by atoms with Gasteiger partial charge in [0.15, 0.2) is 5.76 Å². The lowest BCUT2D eigenvalue weighted by atomic mass is 10.1. The van der Waals surface area contributed by atoms with E-state index in [4.69, 9.17) is 4.42 Å². The van der Waals surface area contributed by atoms with Crippen molar-refractivity contribution in [1.82, 2.24) is 0 Å². The van der Waals surface area contributed by atoms with E-state index in [1.54, 1.807) is 48.5 Å². The number of rotatable bonds is 2. The molecule has 0 fully saturated rings. The van der Waals surface area contributed by atoms with Crippen LogP contribution in [0.4, 0.5) is 4.53 Å². The zero-order valence-electron chi connectivity index (χ0n) is 9.80. The number of para-hydroxylation sites is 1. The summed E-state index contributed by atoms with van der Waals surface area (Å²) in [6.45, 7) is 0. The van der Waals surface area contributed by atoms with E-state index in [9.17, 15) is 9.32 Å². The van der Waals surface area contributed by atoms with Gasteiger partial charge in [0.2, 0.25) is 5.43 Å². The van der Waals surface area contributed by atoms with E-state index >= 15 is 0 Å². The first-order chi connectivity index (χ1) is 9.31. The lowest BCUT2D eigenvalue weighted by Crippen LogP contribution is -2.05. The molecule has 1 aromatic heterocycles. The highest BCUT2D eigenvalue weighted by Crippen LogP contribution is 2.30.